The van der Waals surface area contributed by atoms with Crippen LogP contribution in [0, 0.1) is 0 Å². The molecule has 0 saturated carbocycles. The first-order chi connectivity index (χ1) is 10.4. The molecule has 2 aromatic rings. The van der Waals surface area contributed by atoms with Crippen molar-refractivity contribution < 1.29 is 9.53 Å². The minimum absolute atomic E-state index is 0.0340. The molecule has 6 nitrogen and oxygen atoms in total. The van der Waals surface area contributed by atoms with Crippen LogP contribution < -0.4 is 10.1 Å². The van der Waals surface area contributed by atoms with Gasteiger partial charge in [-0.1, -0.05) is 11.8 Å². The number of carbonyl (C=O) groups is 1. The van der Waals surface area contributed by atoms with E-state index >= 15 is 0 Å². The molecule has 0 unspecified atom stereocenters. The standard InChI is InChI=1S/C15H20N4O2S/c1-15(2,3)17-12(20)9-22-14-16-13(18-19-14)10-5-7-11(21-4)8-6-10/h5-8H,9H2,1-4H3,(H,17,20)(H,16,18,19). The number of thioether (sulfide) groups is 1. The van der Waals surface area contributed by atoms with Crippen LogP contribution in [0.2, 0.25) is 0 Å². The summed E-state index contributed by atoms with van der Waals surface area (Å²) in [4.78, 5) is 16.1. The van der Waals surface area contributed by atoms with Crippen molar-refractivity contribution >= 4 is 17.7 Å². The summed E-state index contributed by atoms with van der Waals surface area (Å²) < 4.78 is 5.12. The molecule has 7 heteroatoms. The zero-order valence-corrected chi connectivity index (χ0v) is 14.0. The zero-order chi connectivity index (χ0) is 16.2. The smallest absolute Gasteiger partial charge is 0.230 e. The van der Waals surface area contributed by atoms with E-state index < -0.39 is 0 Å². The van der Waals surface area contributed by atoms with Crippen LogP contribution in [0.15, 0.2) is 29.4 Å². The fourth-order valence-corrected chi connectivity index (χ4v) is 2.37. The predicted octanol–water partition coefficient (Wildman–Crippen LogP) is 2.49. The van der Waals surface area contributed by atoms with Gasteiger partial charge in [-0.15, -0.1) is 5.10 Å². The molecule has 0 atom stereocenters. The SMILES string of the molecule is COc1ccc(-c2nc(SCC(=O)NC(C)(C)C)n[nH]2)cc1. The van der Waals surface area contributed by atoms with Gasteiger partial charge in [-0.2, -0.15) is 0 Å². The van der Waals surface area contributed by atoms with Crippen molar-refractivity contribution in [2.75, 3.05) is 12.9 Å². The molecular weight excluding hydrogens is 300 g/mol. The lowest BCUT2D eigenvalue weighted by molar-refractivity contribution is -0.119. The minimum atomic E-state index is -0.231. The summed E-state index contributed by atoms with van der Waals surface area (Å²) in [7, 11) is 1.63. The van der Waals surface area contributed by atoms with E-state index in [1.165, 1.54) is 11.8 Å². The number of hydrogen-bond acceptors (Lipinski definition) is 5. The molecule has 0 saturated heterocycles. The third kappa shape index (κ3) is 4.77. The number of ether oxygens (including phenoxy) is 1. The van der Waals surface area contributed by atoms with Gasteiger partial charge in [0.2, 0.25) is 11.1 Å². The summed E-state index contributed by atoms with van der Waals surface area (Å²) in [5.74, 6) is 1.71. The van der Waals surface area contributed by atoms with E-state index in [9.17, 15) is 4.79 Å². The molecule has 1 heterocycles. The van der Waals surface area contributed by atoms with Crippen molar-refractivity contribution in [3.05, 3.63) is 24.3 Å². The molecule has 0 bridgehead atoms. The van der Waals surface area contributed by atoms with Crippen LogP contribution in [0.25, 0.3) is 11.4 Å². The highest BCUT2D eigenvalue weighted by atomic mass is 32.2. The van der Waals surface area contributed by atoms with Crippen molar-refractivity contribution in [1.29, 1.82) is 0 Å². The second-order valence-corrected chi connectivity index (χ2v) is 6.72. The lowest BCUT2D eigenvalue weighted by Crippen LogP contribution is -2.41. The van der Waals surface area contributed by atoms with E-state index in [-0.39, 0.29) is 17.2 Å². The first-order valence-corrected chi connectivity index (χ1v) is 7.86. The van der Waals surface area contributed by atoms with Crippen LogP contribution in [-0.2, 0) is 4.79 Å². The van der Waals surface area contributed by atoms with Crippen molar-refractivity contribution in [2.45, 2.75) is 31.5 Å². The number of amides is 1. The first-order valence-electron chi connectivity index (χ1n) is 6.88. The topological polar surface area (TPSA) is 79.9 Å². The summed E-state index contributed by atoms with van der Waals surface area (Å²) in [5.41, 5.74) is 0.685. The molecular formula is C15H20N4O2S. The van der Waals surface area contributed by atoms with E-state index in [0.717, 1.165) is 11.3 Å². The van der Waals surface area contributed by atoms with Crippen LogP contribution in [0.5, 0.6) is 5.75 Å². The van der Waals surface area contributed by atoms with Gasteiger partial charge in [0.25, 0.3) is 0 Å². The number of methoxy groups -OCH3 is 1. The van der Waals surface area contributed by atoms with E-state index in [2.05, 4.69) is 20.5 Å². The molecule has 0 aliphatic heterocycles. The van der Waals surface area contributed by atoms with Gasteiger partial charge >= 0.3 is 0 Å². The Morgan fingerprint density at radius 1 is 1.32 bits per heavy atom. The summed E-state index contributed by atoms with van der Waals surface area (Å²) in [6.07, 6.45) is 0. The van der Waals surface area contributed by atoms with Crippen LogP contribution in [0.4, 0.5) is 0 Å². The van der Waals surface area contributed by atoms with Gasteiger partial charge in [0.05, 0.1) is 12.9 Å². The van der Waals surface area contributed by atoms with E-state index in [4.69, 9.17) is 4.74 Å². The maximum absolute atomic E-state index is 11.8. The summed E-state index contributed by atoms with van der Waals surface area (Å²) in [5, 5.41) is 10.4. The van der Waals surface area contributed by atoms with Crippen molar-refractivity contribution in [1.82, 2.24) is 20.5 Å². The summed E-state index contributed by atoms with van der Waals surface area (Å²) in [6.45, 7) is 5.85. The Bertz CT molecular complexity index is 632. The Hall–Kier alpha value is -2.02. The Morgan fingerprint density at radius 2 is 2.00 bits per heavy atom. The third-order valence-electron chi connectivity index (χ3n) is 2.68. The number of rotatable bonds is 5. The summed E-state index contributed by atoms with van der Waals surface area (Å²) >= 11 is 1.30. The molecule has 2 rings (SSSR count). The van der Waals surface area contributed by atoms with Gasteiger partial charge in [0.15, 0.2) is 5.82 Å². The van der Waals surface area contributed by atoms with Gasteiger partial charge in [0.1, 0.15) is 5.75 Å². The maximum atomic E-state index is 11.8. The van der Waals surface area contributed by atoms with Gasteiger partial charge in [-0.25, -0.2) is 4.98 Å². The molecule has 118 valence electrons. The number of benzene rings is 1. The van der Waals surface area contributed by atoms with Crippen LogP contribution in [0.3, 0.4) is 0 Å². The molecule has 1 amide bonds. The Labute approximate surface area is 134 Å². The lowest BCUT2D eigenvalue weighted by Gasteiger charge is -2.19. The maximum Gasteiger partial charge on any atom is 0.230 e. The largest absolute Gasteiger partial charge is 0.497 e. The number of H-pyrrole nitrogens is 1. The first kappa shape index (κ1) is 16.4. The molecule has 0 fully saturated rings. The Balaban J connectivity index is 1.95. The second kappa shape index (κ2) is 6.83. The van der Waals surface area contributed by atoms with Crippen molar-refractivity contribution in [2.24, 2.45) is 0 Å². The highest BCUT2D eigenvalue weighted by molar-refractivity contribution is 7.99. The third-order valence-corrected chi connectivity index (χ3v) is 3.52. The highest BCUT2D eigenvalue weighted by Crippen LogP contribution is 2.21. The number of nitrogens with zero attached hydrogens (tertiary/aromatic N) is 2. The average Bonchev–Trinajstić information content (AvgIpc) is 2.92. The van der Waals surface area contributed by atoms with E-state index in [1.54, 1.807) is 7.11 Å². The van der Waals surface area contributed by atoms with Crippen LogP contribution >= 0.6 is 11.8 Å². The van der Waals surface area contributed by atoms with Crippen LogP contribution in [-0.4, -0.2) is 39.5 Å². The number of hydrogen-bond donors (Lipinski definition) is 2. The number of aromatic amines is 1. The lowest BCUT2D eigenvalue weighted by atomic mass is 10.1. The van der Waals surface area contributed by atoms with Crippen molar-refractivity contribution in [3.8, 4) is 17.1 Å². The summed E-state index contributed by atoms with van der Waals surface area (Å²) in [6, 6.07) is 7.53. The van der Waals surface area contributed by atoms with E-state index in [1.807, 2.05) is 45.0 Å². The van der Waals surface area contributed by atoms with E-state index in [0.29, 0.717) is 11.0 Å². The quantitative estimate of drug-likeness (QED) is 0.827. The van der Waals surface area contributed by atoms with Gasteiger partial charge in [-0.05, 0) is 45.0 Å². The highest BCUT2D eigenvalue weighted by Gasteiger charge is 2.15. The Kier molecular flexibility index (Phi) is 5.07. The molecule has 0 aliphatic rings. The van der Waals surface area contributed by atoms with Gasteiger partial charge in [-0.3, -0.25) is 9.89 Å². The fourth-order valence-electron chi connectivity index (χ4n) is 1.77. The van der Waals surface area contributed by atoms with Crippen molar-refractivity contribution in [3.63, 3.8) is 0 Å². The fraction of sp³-hybridized carbons (Fsp3) is 0.400. The number of carbonyl (C=O) groups excluding carboxylic acids is 1. The second-order valence-electron chi connectivity index (χ2n) is 5.78. The van der Waals surface area contributed by atoms with Gasteiger partial charge in [0, 0.05) is 11.1 Å². The van der Waals surface area contributed by atoms with Gasteiger partial charge < -0.3 is 10.1 Å². The minimum Gasteiger partial charge on any atom is -0.497 e. The number of aromatic nitrogens is 3. The molecule has 1 aromatic carbocycles. The average molecular weight is 320 g/mol. The Morgan fingerprint density at radius 3 is 2.59 bits per heavy atom. The number of nitrogens with one attached hydrogen (secondary N) is 2. The zero-order valence-electron chi connectivity index (χ0n) is 13.1. The molecule has 2 N–H and O–H groups in total. The molecule has 0 spiro atoms. The molecule has 22 heavy (non-hydrogen) atoms. The molecule has 0 radical (unpaired) electrons. The van der Waals surface area contributed by atoms with Crippen LogP contribution in [0.1, 0.15) is 20.8 Å². The monoisotopic (exact) mass is 320 g/mol. The molecule has 1 aromatic heterocycles. The molecule has 0 aliphatic carbocycles. The predicted molar refractivity (Wildman–Crippen MR) is 87.0 cm³/mol. The normalized spacial score (nSPS) is 11.3.